The maximum Gasteiger partial charge on any atom is 0.336 e. The molecule has 1 aromatic carbocycles. The van der Waals surface area contributed by atoms with E-state index < -0.39 is 78.0 Å². The molecule has 6 N–H and O–H groups in total. The van der Waals surface area contributed by atoms with Crippen LogP contribution in [0.5, 0.6) is 11.5 Å². The first-order chi connectivity index (χ1) is 20.2. The molecule has 232 valence electrons. The fraction of sp³-hybridized carbons (Fsp3) is 0.536. The number of likely N-dealkylation sites (N-methyl/N-ethyl adjacent to an activating group) is 1. The van der Waals surface area contributed by atoms with Crippen molar-refractivity contribution in [2.45, 2.75) is 80.4 Å². The minimum absolute atomic E-state index is 0.0629. The first-order valence-electron chi connectivity index (χ1n) is 13.7. The molecule has 1 fully saturated rings. The number of aliphatic carboxylic acids is 2. The van der Waals surface area contributed by atoms with Gasteiger partial charge in [-0.3, -0.25) is 14.4 Å². The van der Waals surface area contributed by atoms with E-state index in [9.17, 15) is 39.3 Å². The van der Waals surface area contributed by atoms with E-state index in [1.54, 1.807) is 6.07 Å². The molecule has 43 heavy (non-hydrogen) atoms. The van der Waals surface area contributed by atoms with Gasteiger partial charge in [0.1, 0.15) is 11.8 Å². The third kappa shape index (κ3) is 4.86. The number of likely N-dealkylation sites (tertiary alicyclic amines) is 1. The third-order valence-electron chi connectivity index (χ3n) is 8.87. The number of carboxylic acids is 2. The number of aliphatic hydroxyl groups excluding tert-OH is 1. The SMILES string of the molecule is CC(OC(=O)C(O)CC(=O)OC1=CC[C@@]2(O)[C@H]3Cc4ccc(O)c5c4[C@@]2(CCN3C)[C@H]1O5)C(=O)NC(CC(=O)O)C(=O)O. The summed E-state index contributed by atoms with van der Waals surface area (Å²) < 4.78 is 16.6. The summed E-state index contributed by atoms with van der Waals surface area (Å²) in [7, 11) is 1.93. The summed E-state index contributed by atoms with van der Waals surface area (Å²) in [5, 5.41) is 52.8. The van der Waals surface area contributed by atoms with Crippen LogP contribution in [0.2, 0.25) is 0 Å². The molecule has 1 amide bonds. The van der Waals surface area contributed by atoms with Crippen molar-refractivity contribution in [1.82, 2.24) is 10.2 Å². The van der Waals surface area contributed by atoms with Crippen molar-refractivity contribution in [2.24, 2.45) is 0 Å². The molecular weight excluding hydrogens is 572 g/mol. The topological polar surface area (TPSA) is 229 Å². The number of piperidine rings is 1. The van der Waals surface area contributed by atoms with Crippen molar-refractivity contribution in [3.05, 3.63) is 35.1 Å². The normalized spacial score (nSPS) is 28.7. The van der Waals surface area contributed by atoms with E-state index in [2.05, 4.69) is 4.90 Å². The van der Waals surface area contributed by atoms with Gasteiger partial charge in [-0.05, 0) is 51.1 Å². The van der Waals surface area contributed by atoms with Crippen LogP contribution in [0.25, 0.3) is 0 Å². The lowest BCUT2D eigenvalue weighted by Crippen LogP contribution is -2.74. The fourth-order valence-corrected chi connectivity index (χ4v) is 6.82. The molecular formula is C28H32N2O13. The van der Waals surface area contributed by atoms with Crippen molar-refractivity contribution in [2.75, 3.05) is 13.6 Å². The lowest BCUT2D eigenvalue weighted by atomic mass is 9.50. The van der Waals surface area contributed by atoms with Gasteiger partial charge in [0, 0.05) is 18.0 Å². The van der Waals surface area contributed by atoms with Gasteiger partial charge in [0.2, 0.25) is 0 Å². The molecule has 2 heterocycles. The van der Waals surface area contributed by atoms with Gasteiger partial charge < -0.3 is 50.0 Å². The monoisotopic (exact) mass is 604 g/mol. The third-order valence-corrected chi connectivity index (χ3v) is 8.87. The maximum absolute atomic E-state index is 12.9. The van der Waals surface area contributed by atoms with Gasteiger partial charge >= 0.3 is 23.9 Å². The summed E-state index contributed by atoms with van der Waals surface area (Å²) in [4.78, 5) is 61.5. The Morgan fingerprint density at radius 3 is 2.58 bits per heavy atom. The first kappa shape index (κ1) is 30.3. The Hall–Kier alpha value is -4.21. The molecule has 2 bridgehead atoms. The number of nitrogens with one attached hydrogen (secondary N) is 1. The zero-order valence-corrected chi connectivity index (χ0v) is 23.3. The van der Waals surface area contributed by atoms with E-state index in [-0.39, 0.29) is 29.7 Å². The number of nitrogens with zero attached hydrogens (tertiary/aromatic N) is 1. The molecule has 0 saturated carbocycles. The molecule has 7 atom stereocenters. The highest BCUT2D eigenvalue weighted by molar-refractivity contribution is 5.90. The number of aliphatic hydroxyl groups is 2. The van der Waals surface area contributed by atoms with Gasteiger partial charge in [-0.1, -0.05) is 6.07 Å². The van der Waals surface area contributed by atoms with Crippen LogP contribution in [0, 0.1) is 0 Å². The van der Waals surface area contributed by atoms with Crippen molar-refractivity contribution in [3.8, 4) is 11.5 Å². The number of carbonyl (C=O) groups is 5. The zero-order valence-electron chi connectivity index (χ0n) is 23.3. The van der Waals surface area contributed by atoms with Crippen LogP contribution in [-0.2, 0) is 45.3 Å². The van der Waals surface area contributed by atoms with Crippen LogP contribution in [0.1, 0.15) is 43.7 Å². The number of phenols is 1. The van der Waals surface area contributed by atoms with Crippen molar-refractivity contribution in [3.63, 3.8) is 0 Å². The summed E-state index contributed by atoms with van der Waals surface area (Å²) in [6.45, 7) is 1.69. The summed E-state index contributed by atoms with van der Waals surface area (Å²) in [5.74, 6) is -6.46. The zero-order chi connectivity index (χ0) is 31.4. The molecule has 1 saturated heterocycles. The molecule has 3 unspecified atom stereocenters. The number of benzene rings is 1. The van der Waals surface area contributed by atoms with Gasteiger partial charge in [0.25, 0.3) is 5.91 Å². The largest absolute Gasteiger partial charge is 0.504 e. The van der Waals surface area contributed by atoms with E-state index in [4.69, 9.17) is 24.4 Å². The predicted octanol–water partition coefficient (Wildman–Crippen LogP) is -1.06. The van der Waals surface area contributed by atoms with Crippen molar-refractivity contribution >= 4 is 29.8 Å². The molecule has 0 aromatic heterocycles. The lowest BCUT2D eigenvalue weighted by Gasteiger charge is -2.61. The Morgan fingerprint density at radius 1 is 1.19 bits per heavy atom. The van der Waals surface area contributed by atoms with Crippen LogP contribution >= 0.6 is 0 Å². The Kier molecular flexibility index (Phi) is 7.61. The number of phenolic OH excluding ortho intramolecular Hbond substituents is 1. The molecule has 2 aliphatic carbocycles. The lowest BCUT2D eigenvalue weighted by molar-refractivity contribution is -0.172. The number of ether oxygens (including phenoxy) is 3. The maximum atomic E-state index is 12.9. The number of amides is 1. The molecule has 2 aliphatic heterocycles. The van der Waals surface area contributed by atoms with E-state index in [1.807, 2.05) is 12.4 Å². The number of carbonyl (C=O) groups excluding carboxylic acids is 3. The summed E-state index contributed by atoms with van der Waals surface area (Å²) >= 11 is 0. The Balaban J connectivity index is 1.26. The van der Waals surface area contributed by atoms with E-state index in [1.165, 1.54) is 12.1 Å². The summed E-state index contributed by atoms with van der Waals surface area (Å²) in [6, 6.07) is 1.29. The second kappa shape index (κ2) is 10.8. The molecule has 5 rings (SSSR count). The smallest absolute Gasteiger partial charge is 0.336 e. The van der Waals surface area contributed by atoms with Crippen molar-refractivity contribution in [1.29, 1.82) is 0 Å². The number of hydrogen-bond acceptors (Lipinski definition) is 12. The number of carboxylic acid groups (broad SMARTS) is 2. The van der Waals surface area contributed by atoms with Crippen LogP contribution < -0.4 is 10.1 Å². The van der Waals surface area contributed by atoms with Gasteiger partial charge in [0.15, 0.2) is 29.8 Å². The highest BCUT2D eigenvalue weighted by atomic mass is 16.6. The second-order valence-electron chi connectivity index (χ2n) is 11.4. The van der Waals surface area contributed by atoms with Gasteiger partial charge in [-0.15, -0.1) is 0 Å². The molecule has 15 nitrogen and oxygen atoms in total. The molecule has 1 spiro atoms. The first-order valence-corrected chi connectivity index (χ1v) is 13.7. The quantitative estimate of drug-likeness (QED) is 0.175. The van der Waals surface area contributed by atoms with Crippen LogP contribution in [0.3, 0.4) is 0 Å². The van der Waals surface area contributed by atoms with Crippen LogP contribution in [0.15, 0.2) is 24.0 Å². The van der Waals surface area contributed by atoms with Crippen LogP contribution in [0.4, 0.5) is 0 Å². The van der Waals surface area contributed by atoms with E-state index in [0.29, 0.717) is 24.9 Å². The van der Waals surface area contributed by atoms with Gasteiger partial charge in [-0.25, -0.2) is 9.59 Å². The number of rotatable bonds is 10. The second-order valence-corrected chi connectivity index (χ2v) is 11.4. The number of hydrogen-bond donors (Lipinski definition) is 6. The summed E-state index contributed by atoms with van der Waals surface area (Å²) in [5.41, 5.74) is -0.685. The van der Waals surface area contributed by atoms with Crippen LogP contribution in [-0.4, -0.2) is 110 Å². The molecule has 1 aromatic rings. The van der Waals surface area contributed by atoms with E-state index in [0.717, 1.165) is 12.5 Å². The minimum Gasteiger partial charge on any atom is -0.504 e. The van der Waals surface area contributed by atoms with Crippen molar-refractivity contribution < 1.29 is 63.7 Å². The molecule has 0 radical (unpaired) electrons. The van der Waals surface area contributed by atoms with Gasteiger partial charge in [0.05, 0.1) is 23.9 Å². The number of esters is 2. The highest BCUT2D eigenvalue weighted by Crippen LogP contribution is 2.65. The predicted molar refractivity (Wildman–Crippen MR) is 141 cm³/mol. The fourth-order valence-electron chi connectivity index (χ4n) is 6.82. The molecule has 4 aliphatic rings. The average molecular weight is 605 g/mol. The van der Waals surface area contributed by atoms with E-state index >= 15 is 0 Å². The molecule has 15 heteroatoms. The van der Waals surface area contributed by atoms with Gasteiger partial charge in [-0.2, -0.15) is 0 Å². The average Bonchev–Trinajstić information content (AvgIpc) is 3.29. The number of aromatic hydroxyl groups is 1. The Morgan fingerprint density at radius 2 is 1.91 bits per heavy atom. The highest BCUT2D eigenvalue weighted by Gasteiger charge is 2.72. The Labute approximate surface area is 244 Å². The minimum atomic E-state index is -2.06. The Bertz CT molecular complexity index is 1430. The summed E-state index contributed by atoms with van der Waals surface area (Å²) in [6.07, 6.45) is -3.79. The standard InChI is InChI=1S/C28H32N2O13/c1-12(24(36)29-14(25(37)38)10-19(33)34)41-26(39)16(32)11-20(35)42-17-5-6-28(40)18-9-13-3-4-15(31)22-21(13)27(28,23(17)43-22)7-8-30(18)2/h3-5,12,14,16,18,23,31-32,40H,6-11H2,1-2H3,(H,29,36)(H,33,34)(H,37,38)/t12?,14?,16?,18-,23+,27+,28-/m1/s1.